The molecule has 18 heavy (non-hydrogen) atoms. The highest BCUT2D eigenvalue weighted by Gasteiger charge is 2.32. The Balaban J connectivity index is 2.50. The number of amidine groups is 1. The van der Waals surface area contributed by atoms with Gasteiger partial charge in [-0.2, -0.15) is 13.1 Å². The summed E-state index contributed by atoms with van der Waals surface area (Å²) in [6, 6.07) is 4.39. The SMILES string of the molecule is COc1cccc(C2NS(=O)(=O)N=C2N)c1OC. The zero-order valence-electron chi connectivity index (χ0n) is 9.88. The van der Waals surface area contributed by atoms with Crippen LogP contribution < -0.4 is 19.9 Å². The van der Waals surface area contributed by atoms with Gasteiger partial charge in [0.1, 0.15) is 11.9 Å². The van der Waals surface area contributed by atoms with Gasteiger partial charge in [-0.05, 0) is 6.07 Å². The molecule has 8 heteroatoms. The quantitative estimate of drug-likeness (QED) is 0.802. The maximum absolute atomic E-state index is 11.3. The molecule has 0 aliphatic carbocycles. The molecule has 0 fully saturated rings. The Kier molecular flexibility index (Phi) is 3.14. The van der Waals surface area contributed by atoms with Crippen molar-refractivity contribution in [2.45, 2.75) is 6.04 Å². The Labute approximate surface area is 105 Å². The van der Waals surface area contributed by atoms with Gasteiger partial charge in [-0.3, -0.25) is 0 Å². The standard InChI is InChI=1S/C10H13N3O4S/c1-16-7-5-3-4-6(9(7)17-2)8-10(11)13-18(14,15)12-8/h3-5,8,12H,1-2H3,(H2,11,13). The number of hydrogen-bond acceptors (Lipinski definition) is 5. The number of ether oxygens (including phenoxy) is 2. The van der Waals surface area contributed by atoms with Crippen molar-refractivity contribution >= 4 is 16.0 Å². The zero-order chi connectivity index (χ0) is 13.3. The lowest BCUT2D eigenvalue weighted by molar-refractivity contribution is 0.351. The summed E-state index contributed by atoms with van der Waals surface area (Å²) in [6.45, 7) is 0. The van der Waals surface area contributed by atoms with Crippen LogP contribution in [0.25, 0.3) is 0 Å². The number of benzene rings is 1. The predicted octanol–water partition coefficient (Wildman–Crippen LogP) is -0.0499. The lowest BCUT2D eigenvalue weighted by atomic mass is 10.1. The highest BCUT2D eigenvalue weighted by atomic mass is 32.2. The van der Waals surface area contributed by atoms with Crippen LogP contribution in [0.3, 0.4) is 0 Å². The summed E-state index contributed by atoms with van der Waals surface area (Å²) < 4.78 is 38.7. The van der Waals surface area contributed by atoms with E-state index in [2.05, 4.69) is 9.12 Å². The fraction of sp³-hybridized carbons (Fsp3) is 0.300. The van der Waals surface area contributed by atoms with E-state index in [1.54, 1.807) is 18.2 Å². The van der Waals surface area contributed by atoms with E-state index in [1.165, 1.54) is 14.2 Å². The highest BCUT2D eigenvalue weighted by molar-refractivity contribution is 7.88. The van der Waals surface area contributed by atoms with Crippen LogP contribution in [0.4, 0.5) is 0 Å². The van der Waals surface area contributed by atoms with Crippen LogP contribution >= 0.6 is 0 Å². The molecule has 7 nitrogen and oxygen atoms in total. The van der Waals surface area contributed by atoms with Crippen molar-refractivity contribution in [1.82, 2.24) is 4.72 Å². The van der Waals surface area contributed by atoms with Crippen molar-refractivity contribution in [3.05, 3.63) is 23.8 Å². The van der Waals surface area contributed by atoms with Gasteiger partial charge in [0.05, 0.1) is 14.2 Å². The molecule has 0 saturated carbocycles. The fourth-order valence-corrected chi connectivity index (χ4v) is 2.77. The first-order valence-corrected chi connectivity index (χ1v) is 6.51. The molecule has 1 heterocycles. The van der Waals surface area contributed by atoms with Gasteiger partial charge in [0.25, 0.3) is 0 Å². The minimum absolute atomic E-state index is 0.0263. The smallest absolute Gasteiger partial charge is 0.322 e. The number of hydrogen-bond donors (Lipinski definition) is 2. The molecule has 0 amide bonds. The van der Waals surface area contributed by atoms with Crippen LogP contribution in [0.2, 0.25) is 0 Å². The van der Waals surface area contributed by atoms with Crippen LogP contribution in [-0.2, 0) is 10.2 Å². The first kappa shape index (κ1) is 12.7. The number of rotatable bonds is 3. The maximum atomic E-state index is 11.3. The normalized spacial score (nSPS) is 21.4. The molecular weight excluding hydrogens is 258 g/mol. The van der Waals surface area contributed by atoms with E-state index in [0.29, 0.717) is 17.1 Å². The average molecular weight is 271 g/mol. The maximum Gasteiger partial charge on any atom is 0.322 e. The number of methoxy groups -OCH3 is 2. The minimum Gasteiger partial charge on any atom is -0.493 e. The van der Waals surface area contributed by atoms with Crippen molar-refractivity contribution in [2.24, 2.45) is 10.1 Å². The molecule has 0 spiro atoms. The summed E-state index contributed by atoms with van der Waals surface area (Å²) in [4.78, 5) is 0. The van der Waals surface area contributed by atoms with Crippen molar-refractivity contribution < 1.29 is 17.9 Å². The molecule has 3 N–H and O–H groups in total. The third-order valence-corrected chi connectivity index (χ3v) is 3.52. The second-order valence-corrected chi connectivity index (χ2v) is 4.99. The van der Waals surface area contributed by atoms with E-state index < -0.39 is 16.3 Å². The fourth-order valence-electron chi connectivity index (χ4n) is 1.79. The lowest BCUT2D eigenvalue weighted by Gasteiger charge is -2.16. The van der Waals surface area contributed by atoms with Crippen LogP contribution in [0.15, 0.2) is 22.6 Å². The van der Waals surface area contributed by atoms with Gasteiger partial charge in [0.15, 0.2) is 11.5 Å². The third-order valence-electron chi connectivity index (χ3n) is 2.53. The molecule has 98 valence electrons. The Hall–Kier alpha value is -1.80. The first-order chi connectivity index (χ1) is 8.48. The largest absolute Gasteiger partial charge is 0.493 e. The minimum atomic E-state index is -3.72. The van der Waals surface area contributed by atoms with Crippen LogP contribution in [0.5, 0.6) is 11.5 Å². The van der Waals surface area contributed by atoms with Crippen molar-refractivity contribution in [1.29, 1.82) is 0 Å². The van der Waals surface area contributed by atoms with Crippen molar-refractivity contribution in [3.8, 4) is 11.5 Å². The second kappa shape index (κ2) is 4.46. The molecule has 1 atom stereocenters. The van der Waals surface area contributed by atoms with Crippen LogP contribution in [0, 0.1) is 0 Å². The number of para-hydroxylation sites is 1. The molecule has 0 bridgehead atoms. The van der Waals surface area contributed by atoms with E-state index in [4.69, 9.17) is 15.2 Å². The predicted molar refractivity (Wildman–Crippen MR) is 66.0 cm³/mol. The Morgan fingerprint density at radius 1 is 1.33 bits per heavy atom. The molecule has 2 rings (SSSR count). The second-order valence-electron chi connectivity index (χ2n) is 3.62. The van der Waals surface area contributed by atoms with Crippen molar-refractivity contribution in [2.75, 3.05) is 14.2 Å². The van der Waals surface area contributed by atoms with E-state index in [9.17, 15) is 8.42 Å². The molecule has 0 aromatic heterocycles. The topological polar surface area (TPSA) is 103 Å². The molecule has 1 aromatic carbocycles. The van der Waals surface area contributed by atoms with E-state index in [-0.39, 0.29) is 5.84 Å². The van der Waals surface area contributed by atoms with Gasteiger partial charge < -0.3 is 15.2 Å². The number of nitrogens with one attached hydrogen (secondary N) is 1. The van der Waals surface area contributed by atoms with Gasteiger partial charge in [-0.25, -0.2) is 0 Å². The zero-order valence-corrected chi connectivity index (χ0v) is 10.7. The third kappa shape index (κ3) is 2.12. The van der Waals surface area contributed by atoms with Crippen LogP contribution in [-0.4, -0.2) is 28.5 Å². The van der Waals surface area contributed by atoms with Crippen molar-refractivity contribution in [3.63, 3.8) is 0 Å². The summed E-state index contributed by atoms with van der Waals surface area (Å²) in [7, 11) is -0.752. The number of nitrogens with two attached hydrogens (primary N) is 1. The molecular formula is C10H13N3O4S. The van der Waals surface area contributed by atoms with Gasteiger partial charge in [0, 0.05) is 5.56 Å². The van der Waals surface area contributed by atoms with E-state index in [0.717, 1.165) is 0 Å². The summed E-state index contributed by atoms with van der Waals surface area (Å²) in [5.41, 5.74) is 6.17. The Bertz CT molecular complexity index is 597. The average Bonchev–Trinajstić information content (AvgIpc) is 2.61. The lowest BCUT2D eigenvalue weighted by Crippen LogP contribution is -2.28. The molecule has 1 unspecified atom stereocenters. The summed E-state index contributed by atoms with van der Waals surface area (Å²) >= 11 is 0. The Morgan fingerprint density at radius 3 is 2.56 bits per heavy atom. The molecule has 1 aliphatic heterocycles. The molecule has 1 aliphatic rings. The Morgan fingerprint density at radius 2 is 2.06 bits per heavy atom. The summed E-state index contributed by atoms with van der Waals surface area (Å²) in [5, 5.41) is 0. The van der Waals surface area contributed by atoms with Gasteiger partial charge >= 0.3 is 10.2 Å². The van der Waals surface area contributed by atoms with Crippen LogP contribution in [0.1, 0.15) is 11.6 Å². The summed E-state index contributed by atoms with van der Waals surface area (Å²) in [5.74, 6) is 0.892. The molecule has 0 radical (unpaired) electrons. The molecule has 0 saturated heterocycles. The van der Waals surface area contributed by atoms with Gasteiger partial charge in [-0.15, -0.1) is 4.40 Å². The van der Waals surface area contributed by atoms with E-state index >= 15 is 0 Å². The summed E-state index contributed by atoms with van der Waals surface area (Å²) in [6.07, 6.45) is 0. The van der Waals surface area contributed by atoms with Gasteiger partial charge in [0.2, 0.25) is 0 Å². The van der Waals surface area contributed by atoms with E-state index in [1.807, 2.05) is 0 Å². The van der Waals surface area contributed by atoms with Gasteiger partial charge in [-0.1, -0.05) is 12.1 Å². The number of nitrogens with zero attached hydrogens (tertiary/aromatic N) is 1. The first-order valence-electron chi connectivity index (χ1n) is 5.07. The monoisotopic (exact) mass is 271 g/mol. The highest BCUT2D eigenvalue weighted by Crippen LogP contribution is 2.36. The molecule has 1 aromatic rings.